The summed E-state index contributed by atoms with van der Waals surface area (Å²) in [5, 5.41) is 9.49. The van der Waals surface area contributed by atoms with Crippen LogP contribution in [0.4, 0.5) is 13.2 Å². The number of hydrogen-bond donors (Lipinski definition) is 1. The predicted octanol–water partition coefficient (Wildman–Crippen LogP) is 2.18. The molecule has 0 amide bonds. The van der Waals surface area contributed by atoms with Gasteiger partial charge in [0.2, 0.25) is 5.60 Å². The number of fused-ring (bicyclic) bond motifs is 1. The molecule has 0 saturated heterocycles. The summed E-state index contributed by atoms with van der Waals surface area (Å²) in [5.41, 5.74) is -1.85. The quantitative estimate of drug-likeness (QED) is 0.859. The molecule has 2 atom stereocenters. The van der Waals surface area contributed by atoms with Crippen molar-refractivity contribution in [2.45, 2.75) is 30.7 Å². The summed E-state index contributed by atoms with van der Waals surface area (Å²) >= 11 is 0. The van der Waals surface area contributed by atoms with Gasteiger partial charge >= 0.3 is 6.18 Å². The first-order valence-corrected chi connectivity index (χ1v) is 5.78. The Morgan fingerprint density at radius 1 is 1.37 bits per heavy atom. The molecule has 6 heteroatoms. The maximum atomic E-state index is 12.7. The van der Waals surface area contributed by atoms with Gasteiger partial charge in [0.1, 0.15) is 0 Å². The number of aldehydes is 1. The van der Waals surface area contributed by atoms with E-state index in [0.717, 1.165) is 5.56 Å². The molecule has 3 nitrogen and oxygen atoms in total. The SMILES string of the molecule is O=CC(O)(CC1COCc2ccccc21)C(F)(F)F. The third kappa shape index (κ3) is 2.64. The van der Waals surface area contributed by atoms with E-state index in [0.29, 0.717) is 12.2 Å². The summed E-state index contributed by atoms with van der Waals surface area (Å²) in [4.78, 5) is 10.6. The second kappa shape index (κ2) is 4.94. The number of rotatable bonds is 3. The topological polar surface area (TPSA) is 46.5 Å². The molecule has 1 aromatic carbocycles. The van der Waals surface area contributed by atoms with Crippen molar-refractivity contribution in [3.05, 3.63) is 35.4 Å². The van der Waals surface area contributed by atoms with Gasteiger partial charge in [-0.3, -0.25) is 4.79 Å². The highest BCUT2D eigenvalue weighted by Crippen LogP contribution is 2.39. The summed E-state index contributed by atoms with van der Waals surface area (Å²) in [6, 6.07) is 6.93. The first-order chi connectivity index (χ1) is 8.87. The van der Waals surface area contributed by atoms with E-state index in [2.05, 4.69) is 0 Å². The Labute approximate surface area is 108 Å². The summed E-state index contributed by atoms with van der Waals surface area (Å²) in [7, 11) is 0. The van der Waals surface area contributed by atoms with Crippen molar-refractivity contribution >= 4 is 6.29 Å². The van der Waals surface area contributed by atoms with Gasteiger partial charge in [0.15, 0.2) is 6.29 Å². The fourth-order valence-corrected chi connectivity index (χ4v) is 2.24. The molecule has 2 unspecified atom stereocenters. The molecule has 1 heterocycles. The lowest BCUT2D eigenvalue weighted by molar-refractivity contribution is -0.248. The summed E-state index contributed by atoms with van der Waals surface area (Å²) in [5.74, 6) is -0.651. The molecule has 0 bridgehead atoms. The first-order valence-electron chi connectivity index (χ1n) is 5.78. The van der Waals surface area contributed by atoms with Crippen LogP contribution in [0.15, 0.2) is 24.3 Å². The third-order valence-electron chi connectivity index (χ3n) is 3.31. The van der Waals surface area contributed by atoms with Crippen molar-refractivity contribution in [3.8, 4) is 0 Å². The van der Waals surface area contributed by atoms with Crippen LogP contribution in [0, 0.1) is 0 Å². The van der Waals surface area contributed by atoms with Crippen LogP contribution in [0.3, 0.4) is 0 Å². The number of halogens is 3. The highest BCUT2D eigenvalue weighted by Gasteiger charge is 2.55. The van der Waals surface area contributed by atoms with Crippen molar-refractivity contribution in [3.63, 3.8) is 0 Å². The van der Waals surface area contributed by atoms with E-state index in [1.165, 1.54) is 0 Å². The number of carbonyl (C=O) groups is 1. The summed E-state index contributed by atoms with van der Waals surface area (Å²) in [6.45, 7) is 0.390. The largest absolute Gasteiger partial charge is 0.424 e. The Hall–Kier alpha value is -1.40. The Morgan fingerprint density at radius 2 is 2.05 bits per heavy atom. The number of ether oxygens (including phenoxy) is 1. The van der Waals surface area contributed by atoms with E-state index in [1.54, 1.807) is 24.3 Å². The van der Waals surface area contributed by atoms with Crippen molar-refractivity contribution in [1.29, 1.82) is 0 Å². The van der Waals surface area contributed by atoms with E-state index >= 15 is 0 Å². The van der Waals surface area contributed by atoms with Crippen molar-refractivity contribution in [2.24, 2.45) is 0 Å². The number of hydrogen-bond acceptors (Lipinski definition) is 3. The van der Waals surface area contributed by atoms with Gasteiger partial charge in [-0.05, 0) is 11.1 Å². The molecule has 0 radical (unpaired) electrons. The molecule has 19 heavy (non-hydrogen) atoms. The monoisotopic (exact) mass is 274 g/mol. The molecule has 0 saturated carbocycles. The van der Waals surface area contributed by atoms with Gasteiger partial charge in [0.25, 0.3) is 0 Å². The number of aliphatic hydroxyl groups is 1. The molecule has 104 valence electrons. The van der Waals surface area contributed by atoms with Crippen LogP contribution in [-0.4, -0.2) is 29.8 Å². The molecule has 2 rings (SSSR count). The lowest BCUT2D eigenvalue weighted by Gasteiger charge is -2.32. The lowest BCUT2D eigenvalue weighted by Crippen LogP contribution is -2.48. The Balaban J connectivity index is 2.28. The zero-order chi connectivity index (χ0) is 14.1. The van der Waals surface area contributed by atoms with Crippen LogP contribution in [-0.2, 0) is 16.1 Å². The second-order valence-corrected chi connectivity index (χ2v) is 4.65. The molecule has 1 N–H and O–H groups in total. The summed E-state index contributed by atoms with van der Waals surface area (Å²) in [6.07, 6.45) is -6.15. The predicted molar refractivity (Wildman–Crippen MR) is 60.5 cm³/mol. The number of benzene rings is 1. The minimum absolute atomic E-state index is 0.0588. The van der Waals surface area contributed by atoms with Gasteiger partial charge < -0.3 is 9.84 Å². The molecule has 0 aliphatic carbocycles. The van der Waals surface area contributed by atoms with Gasteiger partial charge in [-0.2, -0.15) is 13.2 Å². The van der Waals surface area contributed by atoms with E-state index in [9.17, 15) is 23.1 Å². The molecular weight excluding hydrogens is 261 g/mol. The van der Waals surface area contributed by atoms with Crippen molar-refractivity contribution in [1.82, 2.24) is 0 Å². The fourth-order valence-electron chi connectivity index (χ4n) is 2.24. The fraction of sp³-hybridized carbons (Fsp3) is 0.462. The minimum atomic E-state index is -4.98. The summed E-state index contributed by atoms with van der Waals surface area (Å²) < 4.78 is 43.4. The highest BCUT2D eigenvalue weighted by atomic mass is 19.4. The Kier molecular flexibility index (Phi) is 3.64. The Morgan fingerprint density at radius 3 is 2.68 bits per heavy atom. The smallest absolute Gasteiger partial charge is 0.376 e. The zero-order valence-electron chi connectivity index (χ0n) is 9.98. The van der Waals surface area contributed by atoms with Gasteiger partial charge in [-0.25, -0.2) is 0 Å². The van der Waals surface area contributed by atoms with Crippen LogP contribution in [0.2, 0.25) is 0 Å². The minimum Gasteiger partial charge on any atom is -0.376 e. The van der Waals surface area contributed by atoms with Gasteiger partial charge in [0, 0.05) is 12.3 Å². The molecule has 1 aliphatic rings. The maximum absolute atomic E-state index is 12.7. The zero-order valence-corrected chi connectivity index (χ0v) is 9.98. The van der Waals surface area contributed by atoms with Crippen LogP contribution < -0.4 is 0 Å². The molecular formula is C13H13F3O3. The number of carbonyl (C=O) groups excluding carboxylic acids is 1. The molecule has 0 aromatic heterocycles. The third-order valence-corrected chi connectivity index (χ3v) is 3.31. The number of alkyl halides is 3. The van der Waals surface area contributed by atoms with E-state index in [1.807, 2.05) is 0 Å². The van der Waals surface area contributed by atoms with Crippen LogP contribution in [0.5, 0.6) is 0 Å². The molecule has 0 spiro atoms. The van der Waals surface area contributed by atoms with Crippen LogP contribution in [0.1, 0.15) is 23.5 Å². The van der Waals surface area contributed by atoms with Gasteiger partial charge in [-0.15, -0.1) is 0 Å². The second-order valence-electron chi connectivity index (χ2n) is 4.65. The lowest BCUT2D eigenvalue weighted by atomic mass is 9.83. The Bertz CT molecular complexity index is 472. The van der Waals surface area contributed by atoms with E-state index in [-0.39, 0.29) is 6.61 Å². The van der Waals surface area contributed by atoms with E-state index < -0.39 is 30.4 Å². The van der Waals surface area contributed by atoms with E-state index in [4.69, 9.17) is 4.74 Å². The van der Waals surface area contributed by atoms with Crippen LogP contribution in [0.25, 0.3) is 0 Å². The maximum Gasteiger partial charge on any atom is 0.424 e. The van der Waals surface area contributed by atoms with Crippen LogP contribution >= 0.6 is 0 Å². The van der Waals surface area contributed by atoms with Crippen molar-refractivity contribution in [2.75, 3.05) is 6.61 Å². The van der Waals surface area contributed by atoms with Gasteiger partial charge in [0.05, 0.1) is 13.2 Å². The van der Waals surface area contributed by atoms with Gasteiger partial charge in [-0.1, -0.05) is 24.3 Å². The average Bonchev–Trinajstić information content (AvgIpc) is 2.38. The molecule has 1 aromatic rings. The molecule has 1 aliphatic heterocycles. The normalized spacial score (nSPS) is 22.4. The highest BCUT2D eigenvalue weighted by molar-refractivity contribution is 5.64. The standard InChI is InChI=1S/C13H13F3O3/c14-13(15,16)12(18,8-17)5-10-7-19-6-9-3-1-2-4-11(9)10/h1-4,8,10,18H,5-7H2. The average molecular weight is 274 g/mol. The van der Waals surface area contributed by atoms with Crippen molar-refractivity contribution < 1.29 is 27.8 Å². The first kappa shape index (κ1) is 14.0. The molecule has 0 fully saturated rings.